The van der Waals surface area contributed by atoms with Crippen molar-refractivity contribution < 1.29 is 0 Å². The van der Waals surface area contributed by atoms with Crippen LogP contribution >= 0.6 is 22.6 Å². The van der Waals surface area contributed by atoms with Crippen LogP contribution in [0.2, 0.25) is 0 Å². The summed E-state index contributed by atoms with van der Waals surface area (Å²) in [6.45, 7) is 2.03. The molecular formula is C7H6IN3. The zero-order chi connectivity index (χ0) is 7.84. The number of hydrogen-bond acceptors (Lipinski definition) is 2. The van der Waals surface area contributed by atoms with E-state index in [0.29, 0.717) is 0 Å². The van der Waals surface area contributed by atoms with Gasteiger partial charge in [-0.15, -0.1) is 0 Å². The maximum atomic E-state index is 4.09. The minimum atomic E-state index is 0.918. The molecule has 0 amide bonds. The molecule has 0 aliphatic heterocycles. The van der Waals surface area contributed by atoms with E-state index in [1.165, 1.54) is 3.57 Å². The van der Waals surface area contributed by atoms with E-state index < -0.39 is 0 Å². The van der Waals surface area contributed by atoms with Crippen molar-refractivity contribution in [3.63, 3.8) is 0 Å². The monoisotopic (exact) mass is 259 g/mol. The standard InChI is InChI=1S/C7H6IN3/c1-4-6(8)5-2-9-3-10-7(5)11-4/h2-3H,1H3,(H,9,10,11). The van der Waals surface area contributed by atoms with Crippen LogP contribution in [0.25, 0.3) is 11.0 Å². The quantitative estimate of drug-likeness (QED) is 0.734. The van der Waals surface area contributed by atoms with E-state index in [1.807, 2.05) is 13.1 Å². The summed E-state index contributed by atoms with van der Waals surface area (Å²) in [5.74, 6) is 0. The predicted molar refractivity (Wildman–Crippen MR) is 51.3 cm³/mol. The van der Waals surface area contributed by atoms with Crippen molar-refractivity contribution in [2.45, 2.75) is 6.92 Å². The fourth-order valence-electron chi connectivity index (χ4n) is 1.02. The summed E-state index contributed by atoms with van der Waals surface area (Å²) in [5.41, 5.74) is 2.07. The van der Waals surface area contributed by atoms with Gasteiger partial charge in [0.25, 0.3) is 0 Å². The van der Waals surface area contributed by atoms with Crippen LogP contribution in [-0.2, 0) is 0 Å². The van der Waals surface area contributed by atoms with E-state index in [-0.39, 0.29) is 0 Å². The summed E-state index contributed by atoms with van der Waals surface area (Å²) in [6.07, 6.45) is 3.38. The molecule has 2 heterocycles. The summed E-state index contributed by atoms with van der Waals surface area (Å²) < 4.78 is 1.21. The highest BCUT2D eigenvalue weighted by molar-refractivity contribution is 14.1. The van der Waals surface area contributed by atoms with Crippen molar-refractivity contribution >= 4 is 33.6 Å². The van der Waals surface area contributed by atoms with Crippen molar-refractivity contribution in [1.82, 2.24) is 15.0 Å². The second-order valence-corrected chi connectivity index (χ2v) is 3.43. The SMILES string of the molecule is Cc1[nH]c2ncncc2c1I. The van der Waals surface area contributed by atoms with Gasteiger partial charge in [0.2, 0.25) is 0 Å². The van der Waals surface area contributed by atoms with Gasteiger partial charge in [-0.25, -0.2) is 9.97 Å². The van der Waals surface area contributed by atoms with Gasteiger partial charge in [-0.1, -0.05) is 0 Å². The Labute approximate surface area is 77.4 Å². The molecular weight excluding hydrogens is 253 g/mol. The third-order valence-electron chi connectivity index (χ3n) is 1.58. The first-order valence-corrected chi connectivity index (χ1v) is 4.30. The first-order chi connectivity index (χ1) is 5.29. The molecule has 0 saturated carbocycles. The van der Waals surface area contributed by atoms with Gasteiger partial charge in [-0.05, 0) is 29.5 Å². The van der Waals surface area contributed by atoms with Crippen molar-refractivity contribution in [3.8, 4) is 0 Å². The zero-order valence-corrected chi connectivity index (χ0v) is 8.08. The molecule has 0 unspecified atom stereocenters. The molecule has 0 aromatic carbocycles. The fraction of sp³-hybridized carbons (Fsp3) is 0.143. The van der Waals surface area contributed by atoms with Gasteiger partial charge >= 0.3 is 0 Å². The number of nitrogens with one attached hydrogen (secondary N) is 1. The number of hydrogen-bond donors (Lipinski definition) is 1. The van der Waals surface area contributed by atoms with Gasteiger partial charge in [0.15, 0.2) is 0 Å². The van der Waals surface area contributed by atoms with Crippen LogP contribution in [0.15, 0.2) is 12.5 Å². The topological polar surface area (TPSA) is 41.6 Å². The average molecular weight is 259 g/mol. The number of nitrogens with zero attached hydrogens (tertiary/aromatic N) is 2. The first kappa shape index (κ1) is 7.02. The Morgan fingerprint density at radius 3 is 3.09 bits per heavy atom. The normalized spacial score (nSPS) is 10.7. The number of aromatic nitrogens is 3. The summed E-state index contributed by atoms with van der Waals surface area (Å²) in [6, 6.07) is 0. The van der Waals surface area contributed by atoms with Crippen molar-refractivity contribution in [3.05, 3.63) is 21.8 Å². The highest BCUT2D eigenvalue weighted by Gasteiger charge is 2.04. The van der Waals surface area contributed by atoms with Gasteiger partial charge < -0.3 is 4.98 Å². The molecule has 2 aromatic rings. The molecule has 0 fully saturated rings. The van der Waals surface area contributed by atoms with Crippen LogP contribution in [0.1, 0.15) is 5.69 Å². The second kappa shape index (κ2) is 2.44. The number of halogens is 1. The number of aromatic amines is 1. The van der Waals surface area contributed by atoms with Crippen LogP contribution in [0.4, 0.5) is 0 Å². The van der Waals surface area contributed by atoms with Gasteiger partial charge in [0.05, 0.1) is 5.39 Å². The van der Waals surface area contributed by atoms with E-state index in [4.69, 9.17) is 0 Å². The van der Waals surface area contributed by atoms with E-state index >= 15 is 0 Å². The third-order valence-corrected chi connectivity index (χ3v) is 2.97. The lowest BCUT2D eigenvalue weighted by atomic mass is 10.4. The molecule has 2 aromatic heterocycles. The molecule has 3 nitrogen and oxygen atoms in total. The van der Waals surface area contributed by atoms with Crippen LogP contribution < -0.4 is 0 Å². The summed E-state index contributed by atoms with van der Waals surface area (Å²) in [4.78, 5) is 11.2. The molecule has 2 rings (SSSR count). The molecule has 11 heavy (non-hydrogen) atoms. The Bertz CT molecular complexity index is 393. The Hall–Kier alpha value is -0.650. The molecule has 0 saturated heterocycles. The Morgan fingerprint density at radius 1 is 1.55 bits per heavy atom. The molecule has 0 radical (unpaired) electrons. The molecule has 0 aliphatic carbocycles. The van der Waals surface area contributed by atoms with Crippen molar-refractivity contribution in [1.29, 1.82) is 0 Å². The van der Waals surface area contributed by atoms with Gasteiger partial charge in [-0.2, -0.15) is 0 Å². The fourth-order valence-corrected chi connectivity index (χ4v) is 1.55. The van der Waals surface area contributed by atoms with E-state index in [2.05, 4.69) is 37.5 Å². The smallest absolute Gasteiger partial charge is 0.141 e. The van der Waals surface area contributed by atoms with Crippen molar-refractivity contribution in [2.75, 3.05) is 0 Å². The van der Waals surface area contributed by atoms with Crippen LogP contribution in [0.3, 0.4) is 0 Å². The predicted octanol–water partition coefficient (Wildman–Crippen LogP) is 1.87. The molecule has 4 heteroatoms. The number of aryl methyl sites for hydroxylation is 1. The lowest BCUT2D eigenvalue weighted by Gasteiger charge is -1.84. The van der Waals surface area contributed by atoms with E-state index in [1.54, 1.807) is 6.33 Å². The summed E-state index contributed by atoms with van der Waals surface area (Å²) >= 11 is 2.29. The van der Waals surface area contributed by atoms with Crippen LogP contribution in [0, 0.1) is 10.5 Å². The minimum absolute atomic E-state index is 0.918. The second-order valence-electron chi connectivity index (χ2n) is 2.35. The lowest BCUT2D eigenvalue weighted by Crippen LogP contribution is -1.76. The van der Waals surface area contributed by atoms with E-state index in [0.717, 1.165) is 16.7 Å². The number of fused-ring (bicyclic) bond motifs is 1. The number of rotatable bonds is 0. The zero-order valence-electron chi connectivity index (χ0n) is 5.93. The lowest BCUT2D eigenvalue weighted by molar-refractivity contribution is 1.18. The Morgan fingerprint density at radius 2 is 2.36 bits per heavy atom. The minimum Gasteiger partial charge on any atom is -0.342 e. The van der Waals surface area contributed by atoms with Gasteiger partial charge in [0.1, 0.15) is 12.0 Å². The Balaban J connectivity index is 2.92. The maximum absolute atomic E-state index is 4.09. The largest absolute Gasteiger partial charge is 0.342 e. The maximum Gasteiger partial charge on any atom is 0.141 e. The van der Waals surface area contributed by atoms with Crippen molar-refractivity contribution in [2.24, 2.45) is 0 Å². The molecule has 56 valence electrons. The molecule has 0 spiro atoms. The van der Waals surface area contributed by atoms with Crippen LogP contribution in [-0.4, -0.2) is 15.0 Å². The number of H-pyrrole nitrogens is 1. The molecule has 1 N–H and O–H groups in total. The summed E-state index contributed by atoms with van der Waals surface area (Å²) in [7, 11) is 0. The van der Waals surface area contributed by atoms with Crippen LogP contribution in [0.5, 0.6) is 0 Å². The molecule has 0 atom stereocenters. The first-order valence-electron chi connectivity index (χ1n) is 3.23. The van der Waals surface area contributed by atoms with Gasteiger partial charge in [-0.3, -0.25) is 0 Å². The molecule has 0 bridgehead atoms. The highest BCUT2D eigenvalue weighted by atomic mass is 127. The van der Waals surface area contributed by atoms with Gasteiger partial charge in [0, 0.05) is 15.5 Å². The third kappa shape index (κ3) is 1.01. The highest BCUT2D eigenvalue weighted by Crippen LogP contribution is 2.20. The summed E-state index contributed by atoms with van der Waals surface area (Å²) in [5, 5.41) is 1.10. The molecule has 0 aliphatic rings. The van der Waals surface area contributed by atoms with E-state index in [9.17, 15) is 0 Å². The Kier molecular flexibility index (Phi) is 1.56. The average Bonchev–Trinajstić information content (AvgIpc) is 2.30.